The number of amides is 3. The van der Waals surface area contributed by atoms with Crippen LogP contribution >= 0.6 is 0 Å². The van der Waals surface area contributed by atoms with Crippen molar-refractivity contribution in [2.24, 2.45) is 0 Å². The number of furan rings is 1. The maximum atomic E-state index is 11.8. The van der Waals surface area contributed by atoms with Gasteiger partial charge in [-0.25, -0.2) is 4.79 Å². The fraction of sp³-hybridized carbons (Fsp3) is 0.294. The molecule has 1 aromatic heterocycles. The quantitative estimate of drug-likeness (QED) is 0.721. The van der Waals surface area contributed by atoms with Crippen LogP contribution in [0, 0.1) is 0 Å². The standard InChI is InChI=1S/C17H21N3O4/c1-12(14-7-3-4-8-15(14)23-2)18-11-16(21)20-17(22)19-10-13-6-5-9-24-13/h3-9,12,18H,10-11H2,1-2H3,(H2,19,20,21,22)/t12-/m0/s1. The summed E-state index contributed by atoms with van der Waals surface area (Å²) in [5.41, 5.74) is 0.940. The van der Waals surface area contributed by atoms with Crippen molar-refractivity contribution in [3.63, 3.8) is 0 Å². The van der Waals surface area contributed by atoms with Gasteiger partial charge in [0.1, 0.15) is 11.5 Å². The van der Waals surface area contributed by atoms with Gasteiger partial charge in [0.25, 0.3) is 0 Å². The average Bonchev–Trinajstić information content (AvgIpc) is 3.11. The molecule has 0 radical (unpaired) electrons. The van der Waals surface area contributed by atoms with Crippen LogP contribution in [-0.4, -0.2) is 25.6 Å². The van der Waals surface area contributed by atoms with Crippen LogP contribution in [0.1, 0.15) is 24.3 Å². The first kappa shape index (κ1) is 17.6. The van der Waals surface area contributed by atoms with Gasteiger partial charge in [0.15, 0.2) is 0 Å². The van der Waals surface area contributed by atoms with Crippen LogP contribution < -0.4 is 20.7 Å². The molecule has 0 aliphatic carbocycles. The lowest BCUT2D eigenvalue weighted by molar-refractivity contribution is -0.119. The number of hydrogen-bond acceptors (Lipinski definition) is 5. The van der Waals surface area contributed by atoms with E-state index in [2.05, 4.69) is 16.0 Å². The van der Waals surface area contributed by atoms with E-state index < -0.39 is 11.9 Å². The number of carbonyl (C=O) groups is 2. The highest BCUT2D eigenvalue weighted by Gasteiger charge is 2.13. The number of rotatable bonds is 7. The lowest BCUT2D eigenvalue weighted by atomic mass is 10.1. The lowest BCUT2D eigenvalue weighted by Crippen LogP contribution is -2.43. The van der Waals surface area contributed by atoms with Crippen molar-refractivity contribution in [1.29, 1.82) is 0 Å². The minimum atomic E-state index is -0.567. The molecule has 0 aliphatic heterocycles. The highest BCUT2D eigenvalue weighted by molar-refractivity contribution is 5.95. The van der Waals surface area contributed by atoms with Crippen molar-refractivity contribution in [2.75, 3.05) is 13.7 Å². The normalized spacial score (nSPS) is 11.6. The molecular weight excluding hydrogens is 310 g/mol. The second-order valence-corrected chi connectivity index (χ2v) is 5.15. The maximum Gasteiger partial charge on any atom is 0.321 e. The molecule has 1 atom stereocenters. The first-order chi connectivity index (χ1) is 11.6. The van der Waals surface area contributed by atoms with Gasteiger partial charge in [-0.2, -0.15) is 0 Å². The van der Waals surface area contributed by atoms with Gasteiger partial charge in [-0.15, -0.1) is 0 Å². The Labute approximate surface area is 140 Å². The predicted octanol–water partition coefficient (Wildman–Crippen LogP) is 1.96. The Bertz CT molecular complexity index is 670. The van der Waals surface area contributed by atoms with E-state index in [9.17, 15) is 9.59 Å². The Balaban J connectivity index is 1.75. The molecule has 1 aromatic carbocycles. The Morgan fingerprint density at radius 1 is 1.21 bits per heavy atom. The van der Waals surface area contributed by atoms with Gasteiger partial charge in [-0.3, -0.25) is 10.1 Å². The summed E-state index contributed by atoms with van der Waals surface area (Å²) in [4.78, 5) is 23.4. The minimum absolute atomic E-state index is 0.00733. The Kier molecular flexibility index (Phi) is 6.39. The van der Waals surface area contributed by atoms with Crippen LogP contribution in [0.5, 0.6) is 5.75 Å². The molecule has 128 valence electrons. The number of urea groups is 1. The summed E-state index contributed by atoms with van der Waals surface area (Å²) in [7, 11) is 1.60. The van der Waals surface area contributed by atoms with E-state index in [-0.39, 0.29) is 19.1 Å². The molecule has 7 nitrogen and oxygen atoms in total. The zero-order chi connectivity index (χ0) is 17.4. The zero-order valence-electron chi connectivity index (χ0n) is 13.7. The number of nitrogens with one attached hydrogen (secondary N) is 3. The fourth-order valence-corrected chi connectivity index (χ4v) is 2.18. The first-order valence-corrected chi connectivity index (χ1v) is 7.56. The molecule has 3 N–H and O–H groups in total. The summed E-state index contributed by atoms with van der Waals surface area (Å²) >= 11 is 0. The molecule has 3 amide bonds. The third-order valence-corrected chi connectivity index (χ3v) is 3.43. The molecule has 0 fully saturated rings. The second-order valence-electron chi connectivity index (χ2n) is 5.15. The summed E-state index contributed by atoms with van der Waals surface area (Å²) in [5.74, 6) is 0.934. The first-order valence-electron chi connectivity index (χ1n) is 7.56. The van der Waals surface area contributed by atoms with Crippen molar-refractivity contribution in [3.05, 3.63) is 54.0 Å². The molecule has 0 spiro atoms. The van der Waals surface area contributed by atoms with Crippen LogP contribution in [0.15, 0.2) is 47.1 Å². The third kappa shape index (κ3) is 5.13. The van der Waals surface area contributed by atoms with E-state index in [0.29, 0.717) is 5.76 Å². The largest absolute Gasteiger partial charge is 0.496 e. The predicted molar refractivity (Wildman–Crippen MR) is 88.5 cm³/mol. The molecular formula is C17H21N3O4. The maximum absolute atomic E-state index is 11.8. The molecule has 2 aromatic rings. The van der Waals surface area contributed by atoms with Crippen LogP contribution in [0.4, 0.5) is 4.79 Å². The van der Waals surface area contributed by atoms with Gasteiger partial charge in [0.2, 0.25) is 5.91 Å². The Morgan fingerprint density at radius 3 is 2.71 bits per heavy atom. The molecule has 24 heavy (non-hydrogen) atoms. The number of hydrogen-bond donors (Lipinski definition) is 3. The number of methoxy groups -OCH3 is 1. The summed E-state index contributed by atoms with van der Waals surface area (Å²) in [5, 5.41) is 7.85. The van der Waals surface area contributed by atoms with Crippen molar-refractivity contribution in [2.45, 2.75) is 19.5 Å². The fourth-order valence-electron chi connectivity index (χ4n) is 2.18. The van der Waals surface area contributed by atoms with Gasteiger partial charge in [0.05, 0.1) is 26.5 Å². The van der Waals surface area contributed by atoms with E-state index in [0.717, 1.165) is 11.3 Å². The number of carbonyl (C=O) groups excluding carboxylic acids is 2. The topological polar surface area (TPSA) is 92.6 Å². The van der Waals surface area contributed by atoms with E-state index in [4.69, 9.17) is 9.15 Å². The van der Waals surface area contributed by atoms with E-state index in [1.165, 1.54) is 6.26 Å². The van der Waals surface area contributed by atoms with Crippen molar-refractivity contribution in [1.82, 2.24) is 16.0 Å². The molecule has 0 aliphatic rings. The molecule has 7 heteroatoms. The second kappa shape index (κ2) is 8.73. The molecule has 2 rings (SSSR count). The molecule has 0 unspecified atom stereocenters. The van der Waals surface area contributed by atoms with E-state index in [1.54, 1.807) is 19.2 Å². The average molecular weight is 331 g/mol. The van der Waals surface area contributed by atoms with Crippen molar-refractivity contribution < 1.29 is 18.7 Å². The van der Waals surface area contributed by atoms with Gasteiger partial charge in [0, 0.05) is 11.6 Å². The highest BCUT2D eigenvalue weighted by atomic mass is 16.5. The number of benzene rings is 1. The molecule has 0 saturated heterocycles. The van der Waals surface area contributed by atoms with E-state index in [1.807, 2.05) is 31.2 Å². The lowest BCUT2D eigenvalue weighted by Gasteiger charge is -2.16. The Hall–Kier alpha value is -2.80. The van der Waals surface area contributed by atoms with Crippen LogP contribution in [0.2, 0.25) is 0 Å². The summed E-state index contributed by atoms with van der Waals surface area (Å²) in [6, 6.07) is 10.4. The summed E-state index contributed by atoms with van der Waals surface area (Å²) < 4.78 is 10.4. The van der Waals surface area contributed by atoms with Crippen LogP contribution in [0.3, 0.4) is 0 Å². The van der Waals surface area contributed by atoms with Gasteiger partial charge in [-0.1, -0.05) is 18.2 Å². The molecule has 1 heterocycles. The number of imide groups is 1. The molecule has 0 bridgehead atoms. The third-order valence-electron chi connectivity index (χ3n) is 3.43. The highest BCUT2D eigenvalue weighted by Crippen LogP contribution is 2.23. The monoisotopic (exact) mass is 331 g/mol. The number of ether oxygens (including phenoxy) is 1. The minimum Gasteiger partial charge on any atom is -0.496 e. The Morgan fingerprint density at radius 2 is 2.00 bits per heavy atom. The SMILES string of the molecule is COc1ccccc1[C@H](C)NCC(=O)NC(=O)NCc1ccco1. The van der Waals surface area contributed by atoms with E-state index >= 15 is 0 Å². The number of para-hydroxylation sites is 1. The van der Waals surface area contributed by atoms with Crippen molar-refractivity contribution in [3.8, 4) is 5.75 Å². The van der Waals surface area contributed by atoms with Crippen LogP contribution in [-0.2, 0) is 11.3 Å². The summed E-state index contributed by atoms with van der Waals surface area (Å²) in [6.45, 7) is 2.15. The van der Waals surface area contributed by atoms with Crippen LogP contribution in [0.25, 0.3) is 0 Å². The van der Waals surface area contributed by atoms with Gasteiger partial charge < -0.3 is 19.8 Å². The summed E-state index contributed by atoms with van der Waals surface area (Å²) in [6.07, 6.45) is 1.52. The van der Waals surface area contributed by atoms with Gasteiger partial charge in [-0.05, 0) is 25.1 Å². The molecule has 0 saturated carbocycles. The zero-order valence-corrected chi connectivity index (χ0v) is 13.7. The van der Waals surface area contributed by atoms with Gasteiger partial charge >= 0.3 is 6.03 Å². The smallest absolute Gasteiger partial charge is 0.321 e. The van der Waals surface area contributed by atoms with Crippen molar-refractivity contribution >= 4 is 11.9 Å².